The van der Waals surface area contributed by atoms with Crippen LogP contribution in [0, 0.1) is 18.8 Å². The number of aryl methyl sites for hydroxylation is 1. The van der Waals surface area contributed by atoms with Crippen LogP contribution in [0.5, 0.6) is 0 Å². The van der Waals surface area contributed by atoms with E-state index in [1.165, 1.54) is 27.9 Å². The maximum absolute atomic E-state index is 13.0. The van der Waals surface area contributed by atoms with Crippen molar-refractivity contribution in [2.45, 2.75) is 24.8 Å². The van der Waals surface area contributed by atoms with Crippen LogP contribution in [0.25, 0.3) is 4.83 Å². The molecule has 0 saturated carbocycles. The van der Waals surface area contributed by atoms with Gasteiger partial charge in [-0.2, -0.15) is 0 Å². The molecule has 0 bridgehead atoms. The number of sulfone groups is 1. The Morgan fingerprint density at radius 1 is 1.03 bits per heavy atom. The zero-order chi connectivity index (χ0) is 22.9. The molecule has 0 aliphatic rings. The third-order valence-corrected chi connectivity index (χ3v) is 7.19. The lowest BCUT2D eigenvalue weighted by Crippen LogP contribution is -2.38. The lowest BCUT2D eigenvalue weighted by molar-refractivity contribution is 0.601. The van der Waals surface area contributed by atoms with Crippen molar-refractivity contribution >= 4 is 26.0 Å². The Morgan fingerprint density at radius 2 is 1.72 bits per heavy atom. The van der Waals surface area contributed by atoms with E-state index in [2.05, 4.69) is 16.8 Å². The molecule has 0 aliphatic heterocycles. The van der Waals surface area contributed by atoms with Crippen molar-refractivity contribution in [2.75, 3.05) is 6.26 Å². The average molecular weight is 466 g/mol. The van der Waals surface area contributed by atoms with E-state index in [1.54, 1.807) is 37.6 Å². The van der Waals surface area contributed by atoms with Gasteiger partial charge in [-0.15, -0.1) is 11.3 Å². The highest BCUT2D eigenvalue weighted by molar-refractivity contribution is 7.90. The summed E-state index contributed by atoms with van der Waals surface area (Å²) in [6, 6.07) is 9.94. The van der Waals surface area contributed by atoms with E-state index >= 15 is 0 Å². The fourth-order valence-corrected chi connectivity index (χ4v) is 4.81. The summed E-state index contributed by atoms with van der Waals surface area (Å²) in [5.74, 6) is 6.15. The Balaban J connectivity index is 1.68. The molecule has 0 atom stereocenters. The number of hydrogen-bond acceptors (Lipinski definition) is 6. The Kier molecular flexibility index (Phi) is 5.82. The van der Waals surface area contributed by atoms with Crippen molar-refractivity contribution in [1.29, 1.82) is 0 Å². The zero-order valence-corrected chi connectivity index (χ0v) is 19.0. The van der Waals surface area contributed by atoms with Gasteiger partial charge >= 0.3 is 5.69 Å². The first-order valence-electron chi connectivity index (χ1n) is 9.66. The molecule has 0 radical (unpaired) electrons. The first kappa shape index (κ1) is 21.7. The molecule has 4 rings (SSSR count). The number of pyridine rings is 1. The van der Waals surface area contributed by atoms with Crippen molar-refractivity contribution < 1.29 is 8.42 Å². The SMILES string of the molecule is Cc1c(=O)n(Cc2ccc(S(C)(=O)=O)cc2)c(=O)n2cc(C#CCc3ccncc3)sc12. The first-order chi connectivity index (χ1) is 15.2. The molecular formula is C23H19N3O4S2. The summed E-state index contributed by atoms with van der Waals surface area (Å²) >= 11 is 1.30. The van der Waals surface area contributed by atoms with Gasteiger partial charge in [0.15, 0.2) is 9.84 Å². The maximum Gasteiger partial charge on any atom is 0.336 e. The van der Waals surface area contributed by atoms with E-state index in [0.717, 1.165) is 16.4 Å². The molecule has 32 heavy (non-hydrogen) atoms. The second-order valence-corrected chi connectivity index (χ2v) is 10.4. The molecule has 0 aliphatic carbocycles. The Labute approximate surface area is 188 Å². The van der Waals surface area contributed by atoms with Crippen LogP contribution >= 0.6 is 11.3 Å². The van der Waals surface area contributed by atoms with Gasteiger partial charge in [0.25, 0.3) is 5.56 Å². The maximum atomic E-state index is 13.0. The summed E-state index contributed by atoms with van der Waals surface area (Å²) < 4.78 is 25.9. The predicted molar refractivity (Wildman–Crippen MR) is 124 cm³/mol. The second-order valence-electron chi connectivity index (χ2n) is 7.32. The number of nitrogens with zero attached hydrogens (tertiary/aromatic N) is 3. The van der Waals surface area contributed by atoms with Crippen LogP contribution < -0.4 is 11.2 Å². The number of benzene rings is 1. The Bertz CT molecular complexity index is 1590. The Morgan fingerprint density at radius 3 is 2.38 bits per heavy atom. The van der Waals surface area contributed by atoms with Crippen molar-refractivity contribution in [3.8, 4) is 11.8 Å². The lowest BCUT2D eigenvalue weighted by atomic mass is 10.2. The zero-order valence-electron chi connectivity index (χ0n) is 17.4. The molecule has 0 fully saturated rings. The fourth-order valence-electron chi connectivity index (χ4n) is 3.22. The second kappa shape index (κ2) is 8.57. The number of aromatic nitrogens is 3. The minimum Gasteiger partial charge on any atom is -0.269 e. The molecule has 0 amide bonds. The lowest BCUT2D eigenvalue weighted by Gasteiger charge is -2.08. The summed E-state index contributed by atoms with van der Waals surface area (Å²) in [4.78, 5) is 31.3. The molecule has 4 aromatic rings. The van der Waals surface area contributed by atoms with Gasteiger partial charge in [0.2, 0.25) is 0 Å². The minimum absolute atomic E-state index is 0.0460. The van der Waals surface area contributed by atoms with Gasteiger partial charge in [-0.05, 0) is 42.3 Å². The van der Waals surface area contributed by atoms with Crippen LogP contribution in [0.3, 0.4) is 0 Å². The summed E-state index contributed by atoms with van der Waals surface area (Å²) in [6.07, 6.45) is 6.76. The molecule has 9 heteroatoms. The normalized spacial score (nSPS) is 11.3. The van der Waals surface area contributed by atoms with Gasteiger partial charge in [-0.1, -0.05) is 24.0 Å². The van der Waals surface area contributed by atoms with E-state index in [1.807, 2.05) is 12.1 Å². The highest BCUT2D eigenvalue weighted by atomic mass is 32.2. The van der Waals surface area contributed by atoms with E-state index in [0.29, 0.717) is 27.3 Å². The van der Waals surface area contributed by atoms with Gasteiger partial charge in [-0.3, -0.25) is 18.7 Å². The van der Waals surface area contributed by atoms with E-state index in [4.69, 9.17) is 0 Å². The van der Waals surface area contributed by atoms with Crippen molar-refractivity contribution in [2.24, 2.45) is 0 Å². The largest absolute Gasteiger partial charge is 0.336 e. The summed E-state index contributed by atoms with van der Waals surface area (Å²) in [6.45, 7) is 1.73. The highest BCUT2D eigenvalue weighted by Crippen LogP contribution is 2.17. The van der Waals surface area contributed by atoms with Gasteiger partial charge in [0, 0.05) is 36.8 Å². The summed E-state index contributed by atoms with van der Waals surface area (Å²) in [5, 5.41) is 0. The van der Waals surface area contributed by atoms with Crippen LogP contribution in [0.15, 0.2) is 69.5 Å². The van der Waals surface area contributed by atoms with Crippen LogP contribution in [-0.4, -0.2) is 28.6 Å². The molecule has 3 aromatic heterocycles. The molecule has 1 aromatic carbocycles. The monoisotopic (exact) mass is 465 g/mol. The van der Waals surface area contributed by atoms with Crippen LogP contribution in [0.1, 0.15) is 21.6 Å². The smallest absolute Gasteiger partial charge is 0.269 e. The molecule has 0 spiro atoms. The highest BCUT2D eigenvalue weighted by Gasteiger charge is 2.15. The molecule has 0 saturated heterocycles. The van der Waals surface area contributed by atoms with E-state index < -0.39 is 15.5 Å². The number of rotatable bonds is 4. The molecular weight excluding hydrogens is 446 g/mol. The van der Waals surface area contributed by atoms with Gasteiger partial charge in [0.1, 0.15) is 4.83 Å². The first-order valence-corrected chi connectivity index (χ1v) is 12.4. The number of fused-ring (bicyclic) bond motifs is 1. The molecule has 0 N–H and O–H groups in total. The van der Waals surface area contributed by atoms with Crippen molar-refractivity contribution in [3.63, 3.8) is 0 Å². The molecule has 3 heterocycles. The molecule has 162 valence electrons. The topological polar surface area (TPSA) is 90.5 Å². The molecule has 7 nitrogen and oxygen atoms in total. The van der Waals surface area contributed by atoms with Gasteiger partial charge in [-0.25, -0.2) is 13.2 Å². The fraction of sp³-hybridized carbons (Fsp3) is 0.174. The van der Waals surface area contributed by atoms with Crippen LogP contribution in [0.4, 0.5) is 0 Å². The number of hydrogen-bond donors (Lipinski definition) is 0. The molecule has 0 unspecified atom stereocenters. The average Bonchev–Trinajstić information content (AvgIpc) is 3.20. The third-order valence-electron chi connectivity index (χ3n) is 4.94. The van der Waals surface area contributed by atoms with Gasteiger partial charge in [0.05, 0.1) is 16.3 Å². The summed E-state index contributed by atoms with van der Waals surface area (Å²) in [7, 11) is -3.32. The van der Waals surface area contributed by atoms with Crippen molar-refractivity contribution in [3.05, 3.63) is 97.4 Å². The quantitative estimate of drug-likeness (QED) is 0.431. The van der Waals surface area contributed by atoms with E-state index in [9.17, 15) is 18.0 Å². The summed E-state index contributed by atoms with van der Waals surface area (Å²) in [5.41, 5.74) is 1.33. The minimum atomic E-state index is -3.32. The van der Waals surface area contributed by atoms with Gasteiger partial charge < -0.3 is 0 Å². The van der Waals surface area contributed by atoms with E-state index in [-0.39, 0.29) is 17.0 Å². The third kappa shape index (κ3) is 4.42. The Hall–Kier alpha value is -3.48. The van der Waals surface area contributed by atoms with Crippen LogP contribution in [0.2, 0.25) is 0 Å². The van der Waals surface area contributed by atoms with Crippen LogP contribution in [-0.2, 0) is 22.8 Å². The standard InChI is InChI=1S/C23H19N3O4S2/c1-16-21(27)25(14-18-6-8-20(9-7-18)32(2,29)30)23(28)26-15-19(31-22(16)26)5-3-4-17-10-12-24-13-11-17/h6-13,15H,4,14H2,1-2H3. The van der Waals surface area contributed by atoms with Crippen molar-refractivity contribution in [1.82, 2.24) is 14.0 Å². The number of thiazole rings is 1. The predicted octanol–water partition coefficient (Wildman–Crippen LogP) is 2.27.